The summed E-state index contributed by atoms with van der Waals surface area (Å²) in [7, 11) is -1.42. The lowest BCUT2D eigenvalue weighted by Crippen LogP contribution is -1.89. The van der Waals surface area contributed by atoms with E-state index < -0.39 is 7.49 Å². The number of hydrogen-bond acceptors (Lipinski definition) is 1. The van der Waals surface area contributed by atoms with Crippen LogP contribution in [-0.4, -0.2) is 24.4 Å². The van der Waals surface area contributed by atoms with E-state index >= 15 is 0 Å². The lowest BCUT2D eigenvalue weighted by Gasteiger charge is -2.04. The highest BCUT2D eigenvalue weighted by atomic mass is 31.2. The summed E-state index contributed by atoms with van der Waals surface area (Å²) in [5.74, 6) is 0. The zero-order chi connectivity index (χ0) is 5.91. The van der Waals surface area contributed by atoms with Crippen LogP contribution in [0.3, 0.4) is 0 Å². The lowest BCUT2D eigenvalue weighted by atomic mass is 10.6. The van der Waals surface area contributed by atoms with Crippen molar-refractivity contribution in [2.75, 3.05) is 19.5 Å². The molecule has 2 heteroatoms. The van der Waals surface area contributed by atoms with Crippen molar-refractivity contribution in [2.24, 2.45) is 0 Å². The van der Waals surface area contributed by atoms with Crippen LogP contribution in [0.25, 0.3) is 0 Å². The fourth-order valence-corrected chi connectivity index (χ4v) is 1.64. The molecule has 44 valence electrons. The molecule has 0 rings (SSSR count). The first-order valence-corrected chi connectivity index (χ1v) is 5.44. The van der Waals surface area contributed by atoms with Gasteiger partial charge in [-0.05, 0) is 6.42 Å². The van der Waals surface area contributed by atoms with Crippen LogP contribution in [0, 0.1) is 0 Å². The number of hydrogen-bond donors (Lipinski definition) is 1. The van der Waals surface area contributed by atoms with Crippen molar-refractivity contribution in [2.45, 2.75) is 13.3 Å². The summed E-state index contributed by atoms with van der Waals surface area (Å²) < 4.78 is 0. The molecular formula is C5H14OP+. The minimum Gasteiger partial charge on any atom is -0.252 e. The SMILES string of the molecule is CCC[P+](C)(C)O. The molecule has 0 fully saturated rings. The Morgan fingerprint density at radius 2 is 1.86 bits per heavy atom. The van der Waals surface area contributed by atoms with Gasteiger partial charge >= 0.3 is 0 Å². The maximum atomic E-state index is 9.13. The van der Waals surface area contributed by atoms with Crippen molar-refractivity contribution in [3.05, 3.63) is 0 Å². The Labute approximate surface area is 46.2 Å². The molecule has 0 bridgehead atoms. The Balaban J connectivity index is 3.15. The van der Waals surface area contributed by atoms with Crippen LogP contribution in [-0.2, 0) is 0 Å². The summed E-state index contributed by atoms with van der Waals surface area (Å²) in [4.78, 5) is 9.13. The summed E-state index contributed by atoms with van der Waals surface area (Å²) in [5, 5.41) is 0. The molecule has 0 aromatic rings. The minimum absolute atomic E-state index is 1.01. The summed E-state index contributed by atoms with van der Waals surface area (Å²) in [6.45, 7) is 5.98. The van der Waals surface area contributed by atoms with Gasteiger partial charge in [-0.1, -0.05) is 6.92 Å². The molecule has 0 aliphatic heterocycles. The van der Waals surface area contributed by atoms with Gasteiger partial charge in [0.2, 0.25) is 0 Å². The van der Waals surface area contributed by atoms with Crippen LogP contribution in [0.5, 0.6) is 0 Å². The van der Waals surface area contributed by atoms with Gasteiger partial charge in [-0.25, -0.2) is 0 Å². The van der Waals surface area contributed by atoms with Crippen molar-refractivity contribution in [3.63, 3.8) is 0 Å². The van der Waals surface area contributed by atoms with Gasteiger partial charge in [-0.15, -0.1) is 0 Å². The van der Waals surface area contributed by atoms with E-state index in [0.29, 0.717) is 0 Å². The Bertz CT molecular complexity index is 46.5. The molecule has 0 saturated carbocycles. The molecule has 7 heavy (non-hydrogen) atoms. The molecule has 0 saturated heterocycles. The standard InChI is InChI=1S/C5H14OP/c1-4-5-7(2,3)6/h6H,4-5H2,1-3H3/q+1. The molecule has 0 aromatic carbocycles. The molecule has 0 amide bonds. The second-order valence-corrected chi connectivity index (χ2v) is 6.03. The van der Waals surface area contributed by atoms with E-state index in [4.69, 9.17) is 4.89 Å². The lowest BCUT2D eigenvalue weighted by molar-refractivity contribution is 0.610. The zero-order valence-corrected chi connectivity index (χ0v) is 6.20. The van der Waals surface area contributed by atoms with E-state index in [9.17, 15) is 0 Å². The molecule has 0 spiro atoms. The van der Waals surface area contributed by atoms with Crippen LogP contribution >= 0.6 is 7.49 Å². The van der Waals surface area contributed by atoms with Gasteiger partial charge in [0.25, 0.3) is 0 Å². The second-order valence-electron chi connectivity index (χ2n) is 2.34. The summed E-state index contributed by atoms with van der Waals surface area (Å²) >= 11 is 0. The predicted molar refractivity (Wildman–Crippen MR) is 36.1 cm³/mol. The van der Waals surface area contributed by atoms with E-state index in [0.717, 1.165) is 12.6 Å². The number of rotatable bonds is 2. The summed E-state index contributed by atoms with van der Waals surface area (Å²) in [6.07, 6.45) is 2.12. The smallest absolute Gasteiger partial charge is 0.136 e. The van der Waals surface area contributed by atoms with E-state index in [1.807, 2.05) is 13.3 Å². The zero-order valence-electron chi connectivity index (χ0n) is 5.31. The highest BCUT2D eigenvalue weighted by Gasteiger charge is 2.17. The summed E-state index contributed by atoms with van der Waals surface area (Å²) in [5.41, 5.74) is 0. The van der Waals surface area contributed by atoms with Gasteiger partial charge in [-0.2, -0.15) is 0 Å². The van der Waals surface area contributed by atoms with Crippen LogP contribution in [0.2, 0.25) is 0 Å². The van der Waals surface area contributed by atoms with Gasteiger partial charge in [0.1, 0.15) is 7.49 Å². The fourth-order valence-electron chi connectivity index (χ4n) is 0.547. The first-order valence-electron chi connectivity index (χ1n) is 2.62. The van der Waals surface area contributed by atoms with Crippen molar-refractivity contribution in [1.29, 1.82) is 0 Å². The fraction of sp³-hybridized carbons (Fsp3) is 1.00. The average Bonchev–Trinajstić information content (AvgIpc) is 1.30. The molecule has 0 unspecified atom stereocenters. The van der Waals surface area contributed by atoms with Gasteiger partial charge in [0, 0.05) is 0 Å². The van der Waals surface area contributed by atoms with E-state index in [1.165, 1.54) is 0 Å². The molecule has 0 heterocycles. The third-order valence-electron chi connectivity index (χ3n) is 0.771. The Kier molecular flexibility index (Phi) is 2.78. The Morgan fingerprint density at radius 3 is 1.86 bits per heavy atom. The van der Waals surface area contributed by atoms with E-state index in [-0.39, 0.29) is 0 Å². The van der Waals surface area contributed by atoms with Crippen LogP contribution in [0.1, 0.15) is 13.3 Å². The maximum Gasteiger partial charge on any atom is 0.136 e. The van der Waals surface area contributed by atoms with Gasteiger partial charge < -0.3 is 0 Å². The van der Waals surface area contributed by atoms with Crippen molar-refractivity contribution < 1.29 is 4.89 Å². The Morgan fingerprint density at radius 1 is 1.43 bits per heavy atom. The monoisotopic (exact) mass is 121 g/mol. The van der Waals surface area contributed by atoms with Gasteiger partial charge in [-0.3, -0.25) is 4.89 Å². The average molecular weight is 121 g/mol. The highest BCUT2D eigenvalue weighted by molar-refractivity contribution is 7.68. The quantitative estimate of drug-likeness (QED) is 0.550. The first-order chi connectivity index (χ1) is 3.06. The minimum atomic E-state index is -1.42. The van der Waals surface area contributed by atoms with E-state index in [2.05, 4.69) is 6.92 Å². The molecule has 1 N–H and O–H groups in total. The van der Waals surface area contributed by atoms with Gasteiger partial charge in [0.05, 0.1) is 19.5 Å². The van der Waals surface area contributed by atoms with Crippen LogP contribution in [0.4, 0.5) is 0 Å². The third kappa shape index (κ3) is 6.39. The highest BCUT2D eigenvalue weighted by Crippen LogP contribution is 2.45. The third-order valence-corrected chi connectivity index (χ3v) is 2.31. The van der Waals surface area contributed by atoms with Crippen LogP contribution in [0.15, 0.2) is 0 Å². The van der Waals surface area contributed by atoms with Gasteiger partial charge in [0.15, 0.2) is 0 Å². The van der Waals surface area contributed by atoms with Crippen molar-refractivity contribution in [1.82, 2.24) is 0 Å². The van der Waals surface area contributed by atoms with E-state index in [1.54, 1.807) is 0 Å². The van der Waals surface area contributed by atoms with Crippen molar-refractivity contribution >= 4 is 7.49 Å². The topological polar surface area (TPSA) is 20.2 Å². The molecule has 1 nitrogen and oxygen atoms in total. The normalized spacial score (nSPS) is 12.0. The molecular weight excluding hydrogens is 107 g/mol. The first kappa shape index (κ1) is 7.39. The predicted octanol–water partition coefficient (Wildman–Crippen LogP) is 1.58. The van der Waals surface area contributed by atoms with Crippen LogP contribution < -0.4 is 0 Å². The molecule has 0 aliphatic rings. The second kappa shape index (κ2) is 2.64. The molecule has 0 radical (unpaired) electrons. The molecule has 0 aromatic heterocycles. The van der Waals surface area contributed by atoms with Crippen molar-refractivity contribution in [3.8, 4) is 0 Å². The molecule has 0 aliphatic carbocycles. The molecule has 0 atom stereocenters. The summed E-state index contributed by atoms with van der Waals surface area (Å²) in [6, 6.07) is 0. The largest absolute Gasteiger partial charge is 0.252 e. The Hall–Kier alpha value is 0.390. The maximum absolute atomic E-state index is 9.13.